The maximum absolute atomic E-state index is 13.6. The van der Waals surface area contributed by atoms with Gasteiger partial charge >= 0.3 is 0 Å². The quantitative estimate of drug-likeness (QED) is 0.771. The van der Waals surface area contributed by atoms with Crippen LogP contribution in [0.5, 0.6) is 0 Å². The van der Waals surface area contributed by atoms with Gasteiger partial charge in [-0.15, -0.1) is 5.10 Å². The summed E-state index contributed by atoms with van der Waals surface area (Å²) in [6.07, 6.45) is 6.07. The summed E-state index contributed by atoms with van der Waals surface area (Å²) in [5, 5.41) is 14.6. The lowest BCUT2D eigenvalue weighted by molar-refractivity contribution is -0.125. The number of carbonyl (C=O) groups excluding carboxylic acids is 1. The minimum atomic E-state index is -0.653. The van der Waals surface area contributed by atoms with E-state index in [2.05, 4.69) is 20.8 Å². The van der Waals surface area contributed by atoms with Crippen LogP contribution in [0, 0.1) is 18.7 Å². The van der Waals surface area contributed by atoms with Crippen molar-refractivity contribution in [3.63, 3.8) is 0 Å². The molecule has 2 atom stereocenters. The Morgan fingerprint density at radius 1 is 1.37 bits per heavy atom. The van der Waals surface area contributed by atoms with Gasteiger partial charge in [-0.3, -0.25) is 4.79 Å². The van der Waals surface area contributed by atoms with Crippen molar-refractivity contribution in [2.45, 2.75) is 57.5 Å². The zero-order valence-electron chi connectivity index (χ0n) is 15.6. The Hall–Kier alpha value is -2.35. The van der Waals surface area contributed by atoms with Crippen molar-refractivity contribution in [3.05, 3.63) is 41.5 Å². The molecule has 1 fully saturated rings. The van der Waals surface area contributed by atoms with Gasteiger partial charge in [0.2, 0.25) is 5.91 Å². The first-order valence-corrected chi connectivity index (χ1v) is 9.58. The number of benzene rings is 1. The number of carbonyl (C=O) groups is 1. The minimum absolute atomic E-state index is 0.0652. The molecule has 27 heavy (non-hydrogen) atoms. The fourth-order valence-electron chi connectivity index (χ4n) is 3.89. The molecule has 7 nitrogen and oxygen atoms in total. The second-order valence-corrected chi connectivity index (χ2v) is 7.27. The summed E-state index contributed by atoms with van der Waals surface area (Å²) >= 11 is 0. The molecule has 1 aliphatic carbocycles. The highest BCUT2D eigenvalue weighted by Gasteiger charge is 2.29. The number of nitrogens with two attached hydrogens (primary N) is 1. The second kappa shape index (κ2) is 9.03. The molecule has 1 saturated carbocycles. The first-order valence-electron chi connectivity index (χ1n) is 9.58. The van der Waals surface area contributed by atoms with Crippen molar-refractivity contribution in [3.8, 4) is 0 Å². The lowest BCUT2D eigenvalue weighted by Gasteiger charge is -2.31. The number of nitrogens with zero attached hydrogens (tertiary/aromatic N) is 4. The molecular weight excluding hydrogens is 347 g/mol. The molecular formula is C19H27FN6O. The summed E-state index contributed by atoms with van der Waals surface area (Å²) in [4.78, 5) is 13.1. The van der Waals surface area contributed by atoms with Gasteiger partial charge in [0.15, 0.2) is 0 Å². The van der Waals surface area contributed by atoms with E-state index >= 15 is 0 Å². The van der Waals surface area contributed by atoms with Gasteiger partial charge in [0, 0.05) is 19.0 Å². The molecule has 0 saturated heterocycles. The van der Waals surface area contributed by atoms with Crippen LogP contribution < -0.4 is 11.1 Å². The molecule has 1 amide bonds. The molecule has 0 bridgehead atoms. The van der Waals surface area contributed by atoms with Crippen molar-refractivity contribution >= 4 is 5.91 Å². The molecule has 3 N–H and O–H groups in total. The monoisotopic (exact) mass is 374 g/mol. The van der Waals surface area contributed by atoms with Gasteiger partial charge in [-0.25, -0.2) is 9.07 Å². The number of amides is 1. The fraction of sp³-hybridized carbons (Fsp3) is 0.579. The molecule has 1 aromatic heterocycles. The highest BCUT2D eigenvalue weighted by molar-refractivity contribution is 5.81. The summed E-state index contributed by atoms with van der Waals surface area (Å²) in [5.74, 6) is 0.420. The Labute approximate surface area is 158 Å². The van der Waals surface area contributed by atoms with Crippen LogP contribution in [-0.4, -0.2) is 38.7 Å². The predicted octanol–water partition coefficient (Wildman–Crippen LogP) is 1.93. The molecule has 3 rings (SSSR count). The summed E-state index contributed by atoms with van der Waals surface area (Å²) in [6, 6.07) is 5.53. The van der Waals surface area contributed by atoms with E-state index in [0.29, 0.717) is 30.3 Å². The Bertz CT molecular complexity index is 758. The lowest BCUT2D eigenvalue weighted by Crippen LogP contribution is -2.48. The molecule has 2 aromatic rings. The van der Waals surface area contributed by atoms with Crippen LogP contribution in [0.1, 0.15) is 49.5 Å². The van der Waals surface area contributed by atoms with Gasteiger partial charge in [0.1, 0.15) is 17.7 Å². The third kappa shape index (κ3) is 4.88. The van der Waals surface area contributed by atoms with Crippen LogP contribution in [0.2, 0.25) is 0 Å². The third-order valence-corrected chi connectivity index (χ3v) is 5.37. The molecule has 8 heteroatoms. The Morgan fingerprint density at radius 2 is 2.15 bits per heavy atom. The first kappa shape index (κ1) is 19.4. The van der Waals surface area contributed by atoms with Crippen molar-refractivity contribution in [1.82, 2.24) is 25.5 Å². The maximum atomic E-state index is 13.6. The molecule has 0 spiro atoms. The summed E-state index contributed by atoms with van der Waals surface area (Å²) in [6.45, 7) is 2.14. The van der Waals surface area contributed by atoms with Crippen molar-refractivity contribution < 1.29 is 9.18 Å². The van der Waals surface area contributed by atoms with Gasteiger partial charge in [-0.05, 0) is 53.8 Å². The van der Waals surface area contributed by atoms with E-state index in [4.69, 9.17) is 5.73 Å². The SMILES string of the molecule is Cc1nnnn1C(Cc1cccc(F)c1)C(=O)NC(CN)C1CCCCC1. The number of tetrazole rings is 1. The normalized spacial score (nSPS) is 17.4. The zero-order chi connectivity index (χ0) is 19.2. The van der Waals surface area contributed by atoms with Gasteiger partial charge in [0.05, 0.1) is 0 Å². The van der Waals surface area contributed by atoms with E-state index in [1.165, 1.54) is 36.1 Å². The van der Waals surface area contributed by atoms with Crippen LogP contribution in [0.4, 0.5) is 4.39 Å². The standard InChI is InChI=1S/C19H27FN6O/c1-13-23-24-25-26(13)18(11-14-6-5-9-16(20)10-14)19(27)22-17(12-21)15-7-3-2-4-8-15/h5-6,9-10,15,17-18H,2-4,7-8,11-12,21H2,1H3,(H,22,27). The van der Waals surface area contributed by atoms with Crippen LogP contribution in [0.3, 0.4) is 0 Å². The topological polar surface area (TPSA) is 98.7 Å². The van der Waals surface area contributed by atoms with E-state index in [9.17, 15) is 9.18 Å². The van der Waals surface area contributed by atoms with Crippen molar-refractivity contribution in [1.29, 1.82) is 0 Å². The number of hydrogen-bond donors (Lipinski definition) is 2. The number of halogens is 1. The Kier molecular flexibility index (Phi) is 6.49. The second-order valence-electron chi connectivity index (χ2n) is 7.27. The van der Waals surface area contributed by atoms with E-state index < -0.39 is 6.04 Å². The van der Waals surface area contributed by atoms with E-state index in [1.54, 1.807) is 19.1 Å². The van der Waals surface area contributed by atoms with Crippen molar-refractivity contribution in [2.24, 2.45) is 11.7 Å². The summed E-state index contributed by atoms with van der Waals surface area (Å²) < 4.78 is 15.1. The molecule has 0 radical (unpaired) electrons. The smallest absolute Gasteiger partial charge is 0.245 e. The van der Waals surface area contributed by atoms with Gasteiger partial charge in [-0.1, -0.05) is 31.4 Å². The predicted molar refractivity (Wildman–Crippen MR) is 99.3 cm³/mol. The number of aryl methyl sites for hydroxylation is 1. The van der Waals surface area contributed by atoms with Gasteiger partial charge in [0.25, 0.3) is 0 Å². The van der Waals surface area contributed by atoms with Crippen molar-refractivity contribution in [2.75, 3.05) is 6.54 Å². The summed E-state index contributed by atoms with van der Waals surface area (Å²) in [5.41, 5.74) is 6.68. The van der Waals surface area contributed by atoms with Crippen LogP contribution in [0.15, 0.2) is 24.3 Å². The van der Waals surface area contributed by atoms with Gasteiger partial charge < -0.3 is 11.1 Å². The number of rotatable bonds is 7. The van der Waals surface area contributed by atoms with Gasteiger partial charge in [-0.2, -0.15) is 0 Å². The molecule has 146 valence electrons. The van der Waals surface area contributed by atoms with E-state index in [0.717, 1.165) is 12.8 Å². The minimum Gasteiger partial charge on any atom is -0.350 e. The van der Waals surface area contributed by atoms with Crippen LogP contribution in [-0.2, 0) is 11.2 Å². The average Bonchev–Trinajstić information content (AvgIpc) is 3.10. The van der Waals surface area contributed by atoms with E-state index in [1.807, 2.05) is 0 Å². The molecule has 2 unspecified atom stereocenters. The zero-order valence-corrected chi connectivity index (χ0v) is 15.6. The number of hydrogen-bond acceptors (Lipinski definition) is 5. The van der Waals surface area contributed by atoms with Crippen LogP contribution in [0.25, 0.3) is 0 Å². The average molecular weight is 374 g/mol. The molecule has 1 aromatic carbocycles. The Morgan fingerprint density at radius 3 is 2.78 bits per heavy atom. The highest BCUT2D eigenvalue weighted by Crippen LogP contribution is 2.26. The molecule has 0 aliphatic heterocycles. The first-order chi connectivity index (χ1) is 13.1. The lowest BCUT2D eigenvalue weighted by atomic mass is 9.83. The third-order valence-electron chi connectivity index (χ3n) is 5.37. The van der Waals surface area contributed by atoms with Crippen LogP contribution >= 0.6 is 0 Å². The highest BCUT2D eigenvalue weighted by atomic mass is 19.1. The largest absolute Gasteiger partial charge is 0.350 e. The molecule has 1 heterocycles. The maximum Gasteiger partial charge on any atom is 0.245 e. The number of nitrogens with one attached hydrogen (secondary N) is 1. The Balaban J connectivity index is 1.79. The summed E-state index contributed by atoms with van der Waals surface area (Å²) in [7, 11) is 0. The number of aromatic nitrogens is 4. The van der Waals surface area contributed by atoms with E-state index in [-0.39, 0.29) is 17.8 Å². The fourth-order valence-corrected chi connectivity index (χ4v) is 3.89. The molecule has 1 aliphatic rings.